The molecule has 1 saturated heterocycles. The number of esters is 1. The van der Waals surface area contributed by atoms with Gasteiger partial charge < -0.3 is 15.0 Å². The van der Waals surface area contributed by atoms with Crippen molar-refractivity contribution in [2.45, 2.75) is 25.2 Å². The van der Waals surface area contributed by atoms with Gasteiger partial charge in [-0.1, -0.05) is 6.07 Å². The van der Waals surface area contributed by atoms with E-state index in [4.69, 9.17) is 5.26 Å². The molecule has 1 fully saturated rings. The van der Waals surface area contributed by atoms with Crippen LogP contribution in [0.25, 0.3) is 0 Å². The zero-order valence-electron chi connectivity index (χ0n) is 13.1. The number of nitrogens with zero attached hydrogens (tertiary/aromatic N) is 2. The van der Waals surface area contributed by atoms with Gasteiger partial charge in [0.25, 0.3) is 0 Å². The van der Waals surface area contributed by atoms with Crippen LogP contribution in [0.4, 0.5) is 18.9 Å². The molecule has 128 valence electrons. The van der Waals surface area contributed by atoms with Gasteiger partial charge in [0.1, 0.15) is 6.07 Å². The van der Waals surface area contributed by atoms with Crippen LogP contribution in [0.2, 0.25) is 0 Å². The summed E-state index contributed by atoms with van der Waals surface area (Å²) >= 11 is 0. The van der Waals surface area contributed by atoms with Gasteiger partial charge in [-0.15, -0.1) is 0 Å². The van der Waals surface area contributed by atoms with Crippen LogP contribution >= 0.6 is 0 Å². The van der Waals surface area contributed by atoms with Crippen molar-refractivity contribution in [2.75, 3.05) is 19.5 Å². The Balaban J connectivity index is 2.20. The van der Waals surface area contributed by atoms with Crippen LogP contribution in [-0.2, 0) is 15.7 Å². The first-order chi connectivity index (χ1) is 11.3. The topological polar surface area (TPSA) is 65.4 Å². The van der Waals surface area contributed by atoms with Crippen molar-refractivity contribution in [3.63, 3.8) is 0 Å². The lowest BCUT2D eigenvalue weighted by Gasteiger charge is -2.25. The summed E-state index contributed by atoms with van der Waals surface area (Å²) < 4.78 is 42.9. The van der Waals surface area contributed by atoms with Crippen molar-refractivity contribution in [3.05, 3.63) is 41.1 Å². The molecule has 1 atom stereocenters. The lowest BCUT2D eigenvalue weighted by atomic mass is 10.2. The molecular weight excluding hydrogens is 323 g/mol. The molecule has 0 bridgehead atoms. The highest BCUT2D eigenvalue weighted by Gasteiger charge is 2.32. The van der Waals surface area contributed by atoms with E-state index in [1.54, 1.807) is 11.9 Å². The second kappa shape index (κ2) is 6.83. The molecule has 1 aliphatic heterocycles. The lowest BCUT2D eigenvalue weighted by Crippen LogP contribution is -2.32. The maximum atomic E-state index is 12.8. The van der Waals surface area contributed by atoms with Gasteiger partial charge in [0.05, 0.1) is 18.8 Å². The highest BCUT2D eigenvalue weighted by molar-refractivity contribution is 5.93. The number of carbonyl (C=O) groups excluding carboxylic acids is 1. The quantitative estimate of drug-likeness (QED) is 0.521. The van der Waals surface area contributed by atoms with Crippen molar-refractivity contribution in [2.24, 2.45) is 0 Å². The first kappa shape index (κ1) is 17.7. The summed E-state index contributed by atoms with van der Waals surface area (Å²) in [5.41, 5.74) is -0.00198. The summed E-state index contributed by atoms with van der Waals surface area (Å²) in [5, 5.41) is 12.1. The molecular formula is C16H16F3N3O2. The van der Waals surface area contributed by atoms with E-state index in [2.05, 4.69) is 10.1 Å². The minimum atomic E-state index is -4.41. The van der Waals surface area contributed by atoms with Gasteiger partial charge in [0, 0.05) is 18.4 Å². The molecule has 24 heavy (non-hydrogen) atoms. The fourth-order valence-corrected chi connectivity index (χ4v) is 2.61. The molecule has 1 N–H and O–H groups in total. The maximum absolute atomic E-state index is 12.8. The van der Waals surface area contributed by atoms with Crippen LogP contribution in [0.15, 0.2) is 35.5 Å². The molecule has 0 saturated carbocycles. The first-order valence-corrected chi connectivity index (χ1v) is 7.16. The predicted molar refractivity (Wildman–Crippen MR) is 80.5 cm³/mol. The van der Waals surface area contributed by atoms with E-state index in [1.807, 2.05) is 6.07 Å². The van der Waals surface area contributed by atoms with Crippen LogP contribution in [0.3, 0.4) is 0 Å². The van der Waals surface area contributed by atoms with Crippen LogP contribution in [0, 0.1) is 11.3 Å². The molecule has 8 heteroatoms. The van der Waals surface area contributed by atoms with Crippen LogP contribution in [0.5, 0.6) is 0 Å². The number of methoxy groups -OCH3 is 1. The van der Waals surface area contributed by atoms with E-state index in [1.165, 1.54) is 19.2 Å². The zero-order chi connectivity index (χ0) is 17.9. The number of likely N-dealkylation sites (tertiary alicyclic amines) is 1. The van der Waals surface area contributed by atoms with Crippen molar-refractivity contribution in [1.82, 2.24) is 4.90 Å². The standard InChI is InChI=1S/C16H16F3N3O2/c1-22-13(12(9-20)15(23)24-2)6-7-14(22)21-11-5-3-4-10(8-11)16(17,18)19/h3-5,8,14,21H,6-7H2,1-2H3/b13-12+. The third kappa shape index (κ3) is 3.62. The maximum Gasteiger partial charge on any atom is 0.416 e. The molecule has 1 unspecified atom stereocenters. The SMILES string of the molecule is COC(=O)/C(C#N)=C1\CCC(Nc2cccc(C(F)(F)F)c2)N1C. The van der Waals surface area contributed by atoms with E-state index in [9.17, 15) is 18.0 Å². The van der Waals surface area contributed by atoms with E-state index in [0.29, 0.717) is 24.2 Å². The molecule has 1 aromatic rings. The second-order valence-electron chi connectivity index (χ2n) is 5.31. The Bertz CT molecular complexity index is 707. The minimum absolute atomic E-state index is 0.0895. The molecule has 0 amide bonds. The molecule has 0 spiro atoms. The number of hydrogen-bond acceptors (Lipinski definition) is 5. The number of benzene rings is 1. The Morgan fingerprint density at radius 1 is 1.46 bits per heavy atom. The first-order valence-electron chi connectivity index (χ1n) is 7.16. The Morgan fingerprint density at radius 3 is 2.75 bits per heavy atom. The number of hydrogen-bond donors (Lipinski definition) is 1. The van der Waals surface area contributed by atoms with Gasteiger partial charge in [0.15, 0.2) is 5.57 Å². The summed E-state index contributed by atoms with van der Waals surface area (Å²) in [6.45, 7) is 0. The van der Waals surface area contributed by atoms with Gasteiger partial charge in [-0.05, 0) is 31.0 Å². The number of anilines is 1. The Kier molecular flexibility index (Phi) is 5.02. The molecule has 0 aromatic heterocycles. The molecule has 0 radical (unpaired) electrons. The highest BCUT2D eigenvalue weighted by atomic mass is 19.4. The fourth-order valence-electron chi connectivity index (χ4n) is 2.61. The summed E-state index contributed by atoms with van der Waals surface area (Å²) in [7, 11) is 2.86. The normalized spacial score (nSPS) is 19.7. The smallest absolute Gasteiger partial charge is 0.416 e. The number of carbonyl (C=O) groups is 1. The second-order valence-corrected chi connectivity index (χ2v) is 5.31. The molecule has 2 rings (SSSR count). The number of rotatable bonds is 3. The van der Waals surface area contributed by atoms with Gasteiger partial charge in [-0.3, -0.25) is 0 Å². The van der Waals surface area contributed by atoms with Crippen LogP contribution in [0.1, 0.15) is 18.4 Å². The Hall–Kier alpha value is -2.69. The van der Waals surface area contributed by atoms with Gasteiger partial charge in [-0.2, -0.15) is 18.4 Å². The number of allylic oxidation sites excluding steroid dienone is 1. The van der Waals surface area contributed by atoms with Gasteiger partial charge >= 0.3 is 12.1 Å². The average molecular weight is 339 g/mol. The number of nitrogens with one attached hydrogen (secondary N) is 1. The minimum Gasteiger partial charge on any atom is -0.465 e. The fraction of sp³-hybridized carbons (Fsp3) is 0.375. The number of nitriles is 1. The van der Waals surface area contributed by atoms with Gasteiger partial charge in [-0.25, -0.2) is 4.79 Å². The average Bonchev–Trinajstić information content (AvgIpc) is 2.89. The highest BCUT2D eigenvalue weighted by Crippen LogP contribution is 2.33. The zero-order valence-corrected chi connectivity index (χ0v) is 13.1. The molecule has 0 aliphatic carbocycles. The summed E-state index contributed by atoms with van der Waals surface area (Å²) in [6.07, 6.45) is -3.74. The molecule has 1 aromatic carbocycles. The van der Waals surface area contributed by atoms with Crippen molar-refractivity contribution < 1.29 is 22.7 Å². The molecule has 1 heterocycles. The summed E-state index contributed by atoms with van der Waals surface area (Å²) in [4.78, 5) is 13.3. The van der Waals surface area contributed by atoms with E-state index < -0.39 is 17.7 Å². The number of alkyl halides is 3. The third-order valence-corrected chi connectivity index (χ3v) is 3.86. The molecule has 5 nitrogen and oxygen atoms in total. The third-order valence-electron chi connectivity index (χ3n) is 3.86. The van der Waals surface area contributed by atoms with E-state index >= 15 is 0 Å². The number of halogens is 3. The van der Waals surface area contributed by atoms with Crippen molar-refractivity contribution in [1.29, 1.82) is 5.26 Å². The Morgan fingerprint density at radius 2 is 2.17 bits per heavy atom. The predicted octanol–water partition coefficient (Wildman–Crippen LogP) is 3.12. The Labute approximate surface area is 137 Å². The monoisotopic (exact) mass is 339 g/mol. The summed E-state index contributed by atoms with van der Waals surface area (Å²) in [6, 6.07) is 6.72. The van der Waals surface area contributed by atoms with E-state index in [0.717, 1.165) is 12.1 Å². The summed E-state index contributed by atoms with van der Waals surface area (Å²) in [5.74, 6) is -0.723. The lowest BCUT2D eigenvalue weighted by molar-refractivity contribution is -0.137. The van der Waals surface area contributed by atoms with Crippen LogP contribution in [-0.4, -0.2) is 31.2 Å². The molecule has 1 aliphatic rings. The van der Waals surface area contributed by atoms with E-state index in [-0.39, 0.29) is 11.7 Å². The largest absolute Gasteiger partial charge is 0.465 e. The van der Waals surface area contributed by atoms with Gasteiger partial charge in [0.2, 0.25) is 0 Å². The van der Waals surface area contributed by atoms with Crippen molar-refractivity contribution >= 4 is 11.7 Å². The van der Waals surface area contributed by atoms with Crippen LogP contribution < -0.4 is 5.32 Å². The number of ether oxygens (including phenoxy) is 1. The van der Waals surface area contributed by atoms with Crippen molar-refractivity contribution in [3.8, 4) is 6.07 Å².